The van der Waals surface area contributed by atoms with Crippen molar-refractivity contribution in [1.29, 1.82) is 0 Å². The van der Waals surface area contributed by atoms with Crippen molar-refractivity contribution in [2.24, 2.45) is 0 Å². The molecule has 0 saturated carbocycles. The first-order chi connectivity index (χ1) is 11.8. The van der Waals surface area contributed by atoms with E-state index < -0.39 is 0 Å². The van der Waals surface area contributed by atoms with Crippen molar-refractivity contribution >= 4 is 23.5 Å². The molecule has 0 aromatic heterocycles. The van der Waals surface area contributed by atoms with Crippen LogP contribution in [-0.4, -0.2) is 35.5 Å². The van der Waals surface area contributed by atoms with E-state index in [0.717, 1.165) is 24.6 Å². The van der Waals surface area contributed by atoms with Crippen molar-refractivity contribution in [2.75, 3.05) is 24.6 Å². The molecule has 130 valence electrons. The third kappa shape index (κ3) is 6.92. The highest BCUT2D eigenvalue weighted by atomic mass is 32.2. The van der Waals surface area contributed by atoms with Crippen LogP contribution in [0.25, 0.3) is 0 Å². The average molecular weight is 360 g/mol. The SMILES string of the molecule is CCN(CC)C(CSCc1ccccc1)CSCc1ccccc1. The van der Waals surface area contributed by atoms with Crippen molar-refractivity contribution in [3.05, 3.63) is 71.8 Å². The smallest absolute Gasteiger partial charge is 0.0276 e. The Hall–Kier alpha value is -0.900. The fraction of sp³-hybridized carbons (Fsp3) is 0.429. The first-order valence-corrected chi connectivity index (χ1v) is 11.1. The van der Waals surface area contributed by atoms with Gasteiger partial charge in [0.25, 0.3) is 0 Å². The summed E-state index contributed by atoms with van der Waals surface area (Å²) in [5, 5.41) is 0. The second kappa shape index (κ2) is 11.6. The van der Waals surface area contributed by atoms with Crippen molar-refractivity contribution in [3.8, 4) is 0 Å². The van der Waals surface area contributed by atoms with Crippen LogP contribution in [0.3, 0.4) is 0 Å². The van der Waals surface area contributed by atoms with Crippen molar-refractivity contribution in [3.63, 3.8) is 0 Å². The molecule has 0 aliphatic heterocycles. The molecule has 0 atom stereocenters. The van der Waals surface area contributed by atoms with Crippen molar-refractivity contribution in [2.45, 2.75) is 31.4 Å². The zero-order valence-corrected chi connectivity index (χ0v) is 16.5. The van der Waals surface area contributed by atoms with E-state index in [1.165, 1.54) is 22.6 Å². The Labute approximate surface area is 156 Å². The maximum atomic E-state index is 2.61. The van der Waals surface area contributed by atoms with Crippen LogP contribution >= 0.6 is 23.5 Å². The van der Waals surface area contributed by atoms with Crippen LogP contribution in [0.1, 0.15) is 25.0 Å². The summed E-state index contributed by atoms with van der Waals surface area (Å²) >= 11 is 4.13. The number of benzene rings is 2. The van der Waals surface area contributed by atoms with Gasteiger partial charge < -0.3 is 0 Å². The van der Waals surface area contributed by atoms with Crippen LogP contribution in [0.5, 0.6) is 0 Å². The standard InChI is InChI=1S/C21H29NS2/c1-3-22(4-2)21(17-23-15-19-11-7-5-8-12-19)18-24-16-20-13-9-6-10-14-20/h5-14,21H,3-4,15-18H2,1-2H3. The van der Waals surface area contributed by atoms with Gasteiger partial charge in [0.2, 0.25) is 0 Å². The molecule has 2 aromatic carbocycles. The van der Waals surface area contributed by atoms with E-state index in [-0.39, 0.29) is 0 Å². The fourth-order valence-electron chi connectivity index (χ4n) is 2.77. The van der Waals surface area contributed by atoms with Gasteiger partial charge in [0, 0.05) is 29.1 Å². The number of thioether (sulfide) groups is 2. The fourth-order valence-corrected chi connectivity index (χ4v) is 5.22. The predicted octanol–water partition coefficient (Wildman–Crippen LogP) is 5.56. The predicted molar refractivity (Wildman–Crippen MR) is 112 cm³/mol. The third-order valence-electron chi connectivity index (χ3n) is 4.17. The highest BCUT2D eigenvalue weighted by Gasteiger charge is 2.15. The molecule has 0 unspecified atom stereocenters. The van der Waals surface area contributed by atoms with E-state index in [9.17, 15) is 0 Å². The molecule has 0 saturated heterocycles. The monoisotopic (exact) mass is 359 g/mol. The van der Waals surface area contributed by atoms with E-state index >= 15 is 0 Å². The summed E-state index contributed by atoms with van der Waals surface area (Å²) in [6, 6.07) is 22.3. The molecule has 24 heavy (non-hydrogen) atoms. The summed E-state index contributed by atoms with van der Waals surface area (Å²) in [5.41, 5.74) is 2.86. The molecule has 0 spiro atoms. The number of nitrogens with zero attached hydrogens (tertiary/aromatic N) is 1. The molecule has 2 aromatic rings. The van der Waals surface area contributed by atoms with Gasteiger partial charge in [0.1, 0.15) is 0 Å². The van der Waals surface area contributed by atoms with Gasteiger partial charge in [0.15, 0.2) is 0 Å². The Morgan fingerprint density at radius 3 is 1.50 bits per heavy atom. The van der Waals surface area contributed by atoms with Crippen LogP contribution in [0.2, 0.25) is 0 Å². The Morgan fingerprint density at radius 1 is 0.708 bits per heavy atom. The number of hydrogen-bond donors (Lipinski definition) is 0. The van der Waals surface area contributed by atoms with E-state index in [2.05, 4.69) is 103 Å². The Bertz CT molecular complexity index is 495. The van der Waals surface area contributed by atoms with Gasteiger partial charge in [-0.15, -0.1) is 0 Å². The Kier molecular flexibility index (Phi) is 9.40. The second-order valence-corrected chi connectivity index (χ2v) is 7.94. The van der Waals surface area contributed by atoms with E-state index in [1.807, 2.05) is 0 Å². The van der Waals surface area contributed by atoms with Gasteiger partial charge in [-0.05, 0) is 24.2 Å². The van der Waals surface area contributed by atoms with Crippen LogP contribution < -0.4 is 0 Å². The largest absolute Gasteiger partial charge is 0.299 e. The number of hydrogen-bond acceptors (Lipinski definition) is 3. The van der Waals surface area contributed by atoms with E-state index in [1.54, 1.807) is 0 Å². The van der Waals surface area contributed by atoms with Gasteiger partial charge in [0.05, 0.1) is 0 Å². The lowest BCUT2D eigenvalue weighted by molar-refractivity contribution is 0.254. The maximum Gasteiger partial charge on any atom is 0.0276 e. The summed E-state index contributed by atoms with van der Waals surface area (Å²) in [4.78, 5) is 2.61. The lowest BCUT2D eigenvalue weighted by Gasteiger charge is -2.29. The van der Waals surface area contributed by atoms with Crippen molar-refractivity contribution < 1.29 is 0 Å². The summed E-state index contributed by atoms with van der Waals surface area (Å²) in [6.45, 7) is 6.83. The van der Waals surface area contributed by atoms with Gasteiger partial charge in [-0.3, -0.25) is 4.90 Å². The topological polar surface area (TPSA) is 3.24 Å². The maximum absolute atomic E-state index is 2.61. The van der Waals surface area contributed by atoms with Crippen LogP contribution in [0, 0.1) is 0 Å². The molecular weight excluding hydrogens is 330 g/mol. The highest BCUT2D eigenvalue weighted by Crippen LogP contribution is 2.20. The third-order valence-corrected chi connectivity index (χ3v) is 6.49. The Morgan fingerprint density at radius 2 is 1.12 bits per heavy atom. The molecule has 3 heteroatoms. The molecule has 0 aliphatic rings. The highest BCUT2D eigenvalue weighted by molar-refractivity contribution is 7.99. The minimum atomic E-state index is 0.655. The first kappa shape index (κ1) is 19.4. The summed E-state index contributed by atoms with van der Waals surface area (Å²) in [5.74, 6) is 4.64. The average Bonchev–Trinajstić information content (AvgIpc) is 2.64. The molecule has 0 amide bonds. The zero-order valence-electron chi connectivity index (χ0n) is 14.9. The van der Waals surface area contributed by atoms with Gasteiger partial charge in [-0.2, -0.15) is 23.5 Å². The van der Waals surface area contributed by atoms with Crippen molar-refractivity contribution in [1.82, 2.24) is 4.90 Å². The molecule has 0 fully saturated rings. The quantitative estimate of drug-likeness (QED) is 0.517. The van der Waals surface area contributed by atoms with Gasteiger partial charge in [-0.25, -0.2) is 0 Å². The normalized spacial score (nSPS) is 11.3. The molecule has 2 rings (SSSR count). The van der Waals surface area contributed by atoms with Crippen LogP contribution in [0.15, 0.2) is 60.7 Å². The number of rotatable bonds is 11. The zero-order chi connectivity index (χ0) is 17.0. The molecule has 0 radical (unpaired) electrons. The molecule has 1 nitrogen and oxygen atoms in total. The Balaban J connectivity index is 1.80. The molecule has 0 aliphatic carbocycles. The van der Waals surface area contributed by atoms with E-state index in [4.69, 9.17) is 0 Å². The summed E-state index contributed by atoms with van der Waals surface area (Å²) < 4.78 is 0. The lowest BCUT2D eigenvalue weighted by Crippen LogP contribution is -2.38. The summed E-state index contributed by atoms with van der Waals surface area (Å²) in [6.07, 6.45) is 0. The molecular formula is C21H29NS2. The van der Waals surface area contributed by atoms with Crippen LogP contribution in [0.4, 0.5) is 0 Å². The van der Waals surface area contributed by atoms with Gasteiger partial charge in [-0.1, -0.05) is 74.5 Å². The second-order valence-electron chi connectivity index (χ2n) is 5.88. The molecule has 0 bridgehead atoms. The van der Waals surface area contributed by atoms with Gasteiger partial charge >= 0.3 is 0 Å². The first-order valence-electron chi connectivity index (χ1n) is 8.80. The summed E-state index contributed by atoms with van der Waals surface area (Å²) in [7, 11) is 0. The van der Waals surface area contributed by atoms with E-state index in [0.29, 0.717) is 6.04 Å². The lowest BCUT2D eigenvalue weighted by atomic mass is 10.2. The molecule has 0 heterocycles. The molecule has 0 N–H and O–H groups in total. The minimum Gasteiger partial charge on any atom is -0.299 e. The van der Waals surface area contributed by atoms with Crippen LogP contribution in [-0.2, 0) is 11.5 Å². The minimum absolute atomic E-state index is 0.655.